The van der Waals surface area contributed by atoms with E-state index < -0.39 is 22.4 Å². The lowest BCUT2D eigenvalue weighted by Crippen LogP contribution is -2.56. The van der Waals surface area contributed by atoms with Crippen LogP contribution in [0.1, 0.15) is 25.0 Å². The zero-order valence-electron chi connectivity index (χ0n) is 13.5. The molecule has 4 nitrogen and oxygen atoms in total. The van der Waals surface area contributed by atoms with Crippen LogP contribution in [0.4, 0.5) is 0 Å². The Bertz CT molecular complexity index is 773. The van der Waals surface area contributed by atoms with Gasteiger partial charge in [0.1, 0.15) is 0 Å². The van der Waals surface area contributed by atoms with Gasteiger partial charge in [-0.15, -0.1) is 0 Å². The van der Waals surface area contributed by atoms with Crippen molar-refractivity contribution in [3.63, 3.8) is 0 Å². The van der Waals surface area contributed by atoms with E-state index in [4.69, 9.17) is 0 Å². The van der Waals surface area contributed by atoms with Gasteiger partial charge in [0.05, 0.1) is 12.1 Å². The molecule has 2 rings (SSSR count). The Balaban J connectivity index is 2.99. The number of rotatable bonds is 5. The highest BCUT2D eigenvalue weighted by molar-refractivity contribution is 6.05. The first-order valence-corrected chi connectivity index (χ1v) is 7.43. The maximum absolute atomic E-state index is 12.7. The van der Waals surface area contributed by atoms with Gasteiger partial charge in [-0.3, -0.25) is 9.59 Å². The Hall–Kier alpha value is -3.24. The average molecular weight is 316 g/mol. The highest BCUT2D eigenvalue weighted by Gasteiger charge is 2.61. The van der Waals surface area contributed by atoms with E-state index in [1.807, 2.05) is 12.1 Å². The Kier molecular flexibility index (Phi) is 4.62. The zero-order valence-corrected chi connectivity index (χ0v) is 13.5. The van der Waals surface area contributed by atoms with Crippen molar-refractivity contribution in [1.82, 2.24) is 0 Å². The number of hydrogen-bond acceptors (Lipinski definition) is 4. The van der Waals surface area contributed by atoms with Crippen molar-refractivity contribution in [3.8, 4) is 12.1 Å². The molecule has 0 spiro atoms. The Morgan fingerprint density at radius 1 is 0.708 bits per heavy atom. The molecule has 2 aromatic rings. The molecule has 2 aromatic carbocycles. The summed E-state index contributed by atoms with van der Waals surface area (Å²) in [7, 11) is 0. The van der Waals surface area contributed by atoms with Gasteiger partial charge in [0.25, 0.3) is 0 Å². The van der Waals surface area contributed by atoms with Gasteiger partial charge >= 0.3 is 0 Å². The van der Waals surface area contributed by atoms with Crippen LogP contribution in [0.15, 0.2) is 60.7 Å². The van der Waals surface area contributed by atoms with Crippen LogP contribution < -0.4 is 0 Å². The summed E-state index contributed by atoms with van der Waals surface area (Å²) in [5.74, 6) is -1.09. The summed E-state index contributed by atoms with van der Waals surface area (Å²) in [5.41, 5.74) is -3.17. The molecule has 0 saturated heterocycles. The molecule has 0 N–H and O–H groups in total. The normalized spacial score (nSPS) is 15.2. The van der Waals surface area contributed by atoms with Crippen LogP contribution in [0.5, 0.6) is 0 Å². The number of benzene rings is 2. The number of carbonyl (C=O) groups is 2. The first kappa shape index (κ1) is 17.1. The lowest BCUT2D eigenvalue weighted by atomic mass is 9.55. The second kappa shape index (κ2) is 6.48. The third-order valence-corrected chi connectivity index (χ3v) is 4.37. The average Bonchev–Trinajstić information content (AvgIpc) is 2.60. The molecule has 4 heteroatoms. The number of hydrogen-bond donors (Lipinski definition) is 0. The van der Waals surface area contributed by atoms with Crippen LogP contribution in [0.2, 0.25) is 0 Å². The summed E-state index contributed by atoms with van der Waals surface area (Å²) in [6, 6.07) is 20.6. The molecule has 0 radical (unpaired) electrons. The first-order valence-electron chi connectivity index (χ1n) is 7.43. The molecule has 2 atom stereocenters. The van der Waals surface area contributed by atoms with E-state index in [1.165, 1.54) is 13.8 Å². The second-order valence-electron chi connectivity index (χ2n) is 5.57. The maximum Gasteiger partial charge on any atom is 0.170 e. The smallest absolute Gasteiger partial charge is 0.170 e. The molecule has 0 unspecified atom stereocenters. The molecule has 0 amide bonds. The molecule has 0 fully saturated rings. The predicted molar refractivity (Wildman–Crippen MR) is 88.8 cm³/mol. The largest absolute Gasteiger partial charge is 0.298 e. The molecule has 0 aromatic heterocycles. The fraction of sp³-hybridized carbons (Fsp3) is 0.200. The van der Waals surface area contributed by atoms with Crippen LogP contribution in [0.3, 0.4) is 0 Å². The highest BCUT2D eigenvalue weighted by atomic mass is 16.1. The van der Waals surface area contributed by atoms with Gasteiger partial charge in [-0.2, -0.15) is 10.5 Å². The molecule has 0 aliphatic rings. The summed E-state index contributed by atoms with van der Waals surface area (Å²) in [4.78, 5) is 25.3. The molecule has 0 aliphatic carbocycles. The predicted octanol–water partition coefficient (Wildman–Crippen LogP) is 3.09. The molecule has 118 valence electrons. The van der Waals surface area contributed by atoms with Gasteiger partial charge < -0.3 is 0 Å². The first-order chi connectivity index (χ1) is 11.5. The number of carbonyl (C=O) groups excluding carboxylic acids is 2. The van der Waals surface area contributed by atoms with Crippen molar-refractivity contribution in [2.24, 2.45) is 0 Å². The minimum Gasteiger partial charge on any atom is -0.298 e. The fourth-order valence-electron chi connectivity index (χ4n) is 3.20. The number of Topliss-reactive ketones (excluding diaryl/α,β-unsaturated/α-hetero) is 2. The van der Waals surface area contributed by atoms with Gasteiger partial charge in [0, 0.05) is 0 Å². The van der Waals surface area contributed by atoms with Gasteiger partial charge in [-0.1, -0.05) is 60.7 Å². The van der Waals surface area contributed by atoms with Crippen molar-refractivity contribution in [1.29, 1.82) is 10.5 Å². The van der Waals surface area contributed by atoms with E-state index >= 15 is 0 Å². The summed E-state index contributed by atoms with van der Waals surface area (Å²) in [5, 5.41) is 20.0. The Morgan fingerprint density at radius 2 is 1.00 bits per heavy atom. The van der Waals surface area contributed by atoms with E-state index in [0.29, 0.717) is 11.1 Å². The standard InChI is InChI=1S/C20H16N2O2/c1-15(23)19(13-21,17-9-5-3-6-10-17)20(14-22,16(2)24)18-11-7-4-8-12-18/h3-12H,1-2H3/t19-,20+. The zero-order chi connectivity index (χ0) is 17.8. The topological polar surface area (TPSA) is 81.7 Å². The van der Waals surface area contributed by atoms with Crippen molar-refractivity contribution in [2.45, 2.75) is 24.7 Å². The molecule has 0 saturated carbocycles. The van der Waals surface area contributed by atoms with E-state index in [9.17, 15) is 20.1 Å². The number of ketones is 2. The van der Waals surface area contributed by atoms with Crippen molar-refractivity contribution < 1.29 is 9.59 Å². The summed E-state index contributed by atoms with van der Waals surface area (Å²) < 4.78 is 0. The van der Waals surface area contributed by atoms with E-state index in [2.05, 4.69) is 0 Å². The molecule has 0 aliphatic heterocycles. The van der Waals surface area contributed by atoms with Gasteiger partial charge in [-0.25, -0.2) is 0 Å². The fourth-order valence-corrected chi connectivity index (χ4v) is 3.20. The summed E-state index contributed by atoms with van der Waals surface area (Å²) in [6.07, 6.45) is 0. The lowest BCUT2D eigenvalue weighted by Gasteiger charge is -2.38. The Labute approximate surface area is 141 Å². The number of nitrogens with zero attached hydrogens (tertiary/aromatic N) is 2. The SMILES string of the molecule is CC(=O)[C@@](C#N)(c1ccccc1)[C@](C#N)(C(C)=O)c1ccccc1. The summed E-state index contributed by atoms with van der Waals surface area (Å²) in [6.45, 7) is 2.49. The minimum atomic E-state index is -1.92. The third-order valence-electron chi connectivity index (χ3n) is 4.37. The van der Waals surface area contributed by atoms with Crippen LogP contribution in [0.25, 0.3) is 0 Å². The van der Waals surface area contributed by atoms with Crippen LogP contribution in [-0.4, -0.2) is 11.6 Å². The van der Waals surface area contributed by atoms with Crippen LogP contribution >= 0.6 is 0 Å². The van der Waals surface area contributed by atoms with Crippen LogP contribution in [0, 0.1) is 22.7 Å². The maximum atomic E-state index is 12.7. The quantitative estimate of drug-likeness (QED) is 0.848. The van der Waals surface area contributed by atoms with Gasteiger partial charge in [0.15, 0.2) is 22.4 Å². The van der Waals surface area contributed by atoms with Crippen molar-refractivity contribution in [3.05, 3.63) is 71.8 Å². The molecular formula is C20H16N2O2. The Morgan fingerprint density at radius 3 is 1.21 bits per heavy atom. The molecule has 24 heavy (non-hydrogen) atoms. The monoisotopic (exact) mass is 316 g/mol. The molecular weight excluding hydrogens is 300 g/mol. The third kappa shape index (κ3) is 2.21. The van der Waals surface area contributed by atoms with Gasteiger partial charge in [-0.05, 0) is 25.0 Å². The minimum absolute atomic E-state index is 0.334. The molecule has 0 bridgehead atoms. The van der Waals surface area contributed by atoms with E-state index in [-0.39, 0.29) is 0 Å². The van der Waals surface area contributed by atoms with Crippen molar-refractivity contribution >= 4 is 11.6 Å². The highest BCUT2D eigenvalue weighted by Crippen LogP contribution is 2.45. The van der Waals surface area contributed by atoms with E-state index in [0.717, 1.165) is 0 Å². The number of nitriles is 2. The van der Waals surface area contributed by atoms with Crippen molar-refractivity contribution in [2.75, 3.05) is 0 Å². The lowest BCUT2D eigenvalue weighted by molar-refractivity contribution is -0.130. The summed E-state index contributed by atoms with van der Waals surface area (Å²) >= 11 is 0. The van der Waals surface area contributed by atoms with E-state index in [1.54, 1.807) is 60.7 Å². The molecule has 0 heterocycles. The second-order valence-corrected chi connectivity index (χ2v) is 5.57. The van der Waals surface area contributed by atoms with Gasteiger partial charge in [0.2, 0.25) is 0 Å². The van der Waals surface area contributed by atoms with Crippen LogP contribution in [-0.2, 0) is 20.4 Å².